The number of aromatic nitrogens is 2. The summed E-state index contributed by atoms with van der Waals surface area (Å²) in [5.41, 5.74) is 0.673. The van der Waals surface area contributed by atoms with E-state index in [2.05, 4.69) is 5.10 Å². The third kappa shape index (κ3) is 4.18. The fraction of sp³-hybridized carbons (Fsp3) is 0.286. The van der Waals surface area contributed by atoms with Gasteiger partial charge in [0, 0.05) is 13.3 Å². The van der Waals surface area contributed by atoms with Crippen molar-refractivity contribution in [3.8, 4) is 0 Å². The molecule has 106 valence electrons. The number of hydrogen-bond donors (Lipinski definition) is 0. The summed E-state index contributed by atoms with van der Waals surface area (Å²) in [6.45, 7) is 0.824. The Morgan fingerprint density at radius 1 is 1.40 bits per heavy atom. The number of rotatable bonds is 7. The van der Waals surface area contributed by atoms with Crippen molar-refractivity contribution in [1.29, 1.82) is 0 Å². The lowest BCUT2D eigenvalue weighted by Crippen LogP contribution is -2.19. The Morgan fingerprint density at radius 3 is 3.05 bits per heavy atom. The number of ether oxygens (including phenoxy) is 2. The van der Waals surface area contributed by atoms with Crippen LogP contribution in [0.2, 0.25) is 0 Å². The van der Waals surface area contributed by atoms with Crippen molar-refractivity contribution in [3.63, 3.8) is 0 Å². The third-order valence-corrected chi connectivity index (χ3v) is 2.48. The summed E-state index contributed by atoms with van der Waals surface area (Å²) in [6.07, 6.45) is 6.75. The Hall–Kier alpha value is -2.18. The Bertz CT molecular complexity index is 558. The highest BCUT2D eigenvalue weighted by atomic mass is 16.5. The van der Waals surface area contributed by atoms with Crippen molar-refractivity contribution in [1.82, 2.24) is 9.78 Å². The monoisotopic (exact) mass is 276 g/mol. The maximum Gasteiger partial charge on any atom is 0.272 e. The van der Waals surface area contributed by atoms with Crippen LogP contribution in [-0.2, 0) is 9.47 Å². The molecule has 6 heteroatoms. The minimum Gasteiger partial charge on any atom is -0.465 e. The molecule has 0 aliphatic heterocycles. The number of methoxy groups -OCH3 is 1. The van der Waals surface area contributed by atoms with E-state index in [4.69, 9.17) is 13.9 Å². The van der Waals surface area contributed by atoms with E-state index in [0.29, 0.717) is 18.9 Å². The Labute approximate surface area is 116 Å². The van der Waals surface area contributed by atoms with E-state index in [-0.39, 0.29) is 12.5 Å². The van der Waals surface area contributed by atoms with E-state index >= 15 is 0 Å². The second kappa shape index (κ2) is 7.42. The van der Waals surface area contributed by atoms with Gasteiger partial charge in [-0.2, -0.15) is 5.10 Å². The highest BCUT2D eigenvalue weighted by Crippen LogP contribution is 2.06. The summed E-state index contributed by atoms with van der Waals surface area (Å²) in [7, 11) is 1.58. The van der Waals surface area contributed by atoms with E-state index in [9.17, 15) is 4.79 Å². The van der Waals surface area contributed by atoms with Gasteiger partial charge in [0.25, 0.3) is 5.91 Å². The molecule has 2 heterocycles. The molecule has 0 aliphatic carbocycles. The summed E-state index contributed by atoms with van der Waals surface area (Å²) in [5.74, 6) is 0.507. The van der Waals surface area contributed by atoms with Crippen LogP contribution in [0.1, 0.15) is 16.2 Å². The Balaban J connectivity index is 1.86. The van der Waals surface area contributed by atoms with Crippen molar-refractivity contribution in [2.45, 2.75) is 0 Å². The van der Waals surface area contributed by atoms with E-state index < -0.39 is 0 Å². The van der Waals surface area contributed by atoms with Crippen molar-refractivity contribution in [2.75, 3.05) is 26.9 Å². The molecule has 0 unspecified atom stereocenters. The van der Waals surface area contributed by atoms with Crippen LogP contribution in [0, 0.1) is 0 Å². The first-order chi connectivity index (χ1) is 9.79. The van der Waals surface area contributed by atoms with Crippen molar-refractivity contribution < 1.29 is 18.7 Å². The molecule has 0 N–H and O–H groups in total. The van der Waals surface area contributed by atoms with Crippen LogP contribution >= 0.6 is 0 Å². The molecule has 2 aromatic heterocycles. The fourth-order valence-corrected chi connectivity index (χ4v) is 1.49. The molecular weight excluding hydrogens is 260 g/mol. The van der Waals surface area contributed by atoms with Crippen LogP contribution < -0.4 is 0 Å². The van der Waals surface area contributed by atoms with E-state index in [1.165, 1.54) is 4.68 Å². The van der Waals surface area contributed by atoms with E-state index in [1.54, 1.807) is 43.9 Å². The van der Waals surface area contributed by atoms with Crippen LogP contribution in [0.3, 0.4) is 0 Å². The summed E-state index contributed by atoms with van der Waals surface area (Å²) < 4.78 is 16.4. The lowest BCUT2D eigenvalue weighted by molar-refractivity contribution is 0.0503. The van der Waals surface area contributed by atoms with Crippen molar-refractivity contribution in [3.05, 3.63) is 42.1 Å². The average Bonchev–Trinajstić information content (AvgIpc) is 3.11. The van der Waals surface area contributed by atoms with Crippen LogP contribution in [0.15, 0.2) is 35.1 Å². The van der Waals surface area contributed by atoms with Gasteiger partial charge >= 0.3 is 0 Å². The Kier molecular flexibility index (Phi) is 5.28. The molecule has 0 saturated heterocycles. The predicted molar refractivity (Wildman–Crippen MR) is 73.2 cm³/mol. The number of hydrogen-bond acceptors (Lipinski definition) is 5. The zero-order valence-electron chi connectivity index (χ0n) is 11.2. The Morgan fingerprint density at radius 2 is 2.30 bits per heavy atom. The summed E-state index contributed by atoms with van der Waals surface area (Å²) in [4.78, 5) is 11.7. The van der Waals surface area contributed by atoms with Gasteiger partial charge in [-0.1, -0.05) is 0 Å². The highest BCUT2D eigenvalue weighted by Gasteiger charge is 2.06. The van der Waals surface area contributed by atoms with Gasteiger partial charge in [0.2, 0.25) is 0 Å². The molecular formula is C14H16N2O4. The molecule has 2 rings (SSSR count). The molecule has 0 fully saturated rings. The molecule has 0 aliphatic rings. The third-order valence-electron chi connectivity index (χ3n) is 2.48. The van der Waals surface area contributed by atoms with Gasteiger partial charge in [0.05, 0.1) is 25.2 Å². The summed E-state index contributed by atoms with van der Waals surface area (Å²) in [5, 5.41) is 4.14. The molecule has 0 spiro atoms. The van der Waals surface area contributed by atoms with Gasteiger partial charge in [-0.05, 0) is 30.4 Å². The van der Waals surface area contributed by atoms with Crippen LogP contribution in [0.25, 0.3) is 12.2 Å². The maximum atomic E-state index is 11.7. The second-order valence-electron chi connectivity index (χ2n) is 3.97. The first-order valence-electron chi connectivity index (χ1n) is 6.17. The second-order valence-corrected chi connectivity index (χ2v) is 3.97. The molecule has 0 radical (unpaired) electrons. The molecule has 6 nitrogen and oxygen atoms in total. The summed E-state index contributed by atoms with van der Waals surface area (Å²) >= 11 is 0. The maximum absolute atomic E-state index is 11.7. The van der Waals surface area contributed by atoms with E-state index in [0.717, 1.165) is 5.76 Å². The number of carbonyl (C=O) groups is 1. The van der Waals surface area contributed by atoms with Gasteiger partial charge in [-0.15, -0.1) is 0 Å². The minimum atomic E-state index is -0.223. The van der Waals surface area contributed by atoms with Crippen LogP contribution in [-0.4, -0.2) is 42.6 Å². The zero-order valence-corrected chi connectivity index (χ0v) is 11.2. The molecule has 20 heavy (non-hydrogen) atoms. The van der Waals surface area contributed by atoms with Crippen LogP contribution in [0.4, 0.5) is 0 Å². The molecule has 0 amide bonds. The molecule has 0 saturated carbocycles. The first kappa shape index (κ1) is 14.2. The standard InChI is InChI=1S/C14H16N2O4/c1-18-9-10-19-11-14(17)16-7-6-12(15-16)4-5-13-3-2-8-20-13/h2-8H,9-11H2,1H3/b5-4+. The molecule has 0 bridgehead atoms. The van der Waals surface area contributed by atoms with E-state index in [1.807, 2.05) is 6.07 Å². The van der Waals surface area contributed by atoms with Gasteiger partial charge in [-0.25, -0.2) is 4.68 Å². The quantitative estimate of drug-likeness (QED) is 0.723. The van der Waals surface area contributed by atoms with Gasteiger partial charge in [0.1, 0.15) is 12.4 Å². The molecule has 0 aromatic carbocycles. The lowest BCUT2D eigenvalue weighted by atomic mass is 10.3. The molecule has 0 atom stereocenters. The summed E-state index contributed by atoms with van der Waals surface area (Å²) in [6, 6.07) is 5.38. The predicted octanol–water partition coefficient (Wildman–Crippen LogP) is 1.95. The zero-order chi connectivity index (χ0) is 14.2. The smallest absolute Gasteiger partial charge is 0.272 e. The van der Waals surface area contributed by atoms with Crippen LogP contribution in [0.5, 0.6) is 0 Å². The minimum absolute atomic E-state index is 0.0215. The fourth-order valence-electron chi connectivity index (χ4n) is 1.49. The van der Waals surface area contributed by atoms with Crippen molar-refractivity contribution >= 4 is 18.1 Å². The highest BCUT2D eigenvalue weighted by molar-refractivity contribution is 5.79. The number of furan rings is 1. The number of nitrogens with zero attached hydrogens (tertiary/aromatic N) is 2. The van der Waals surface area contributed by atoms with Gasteiger partial charge in [0.15, 0.2) is 0 Å². The number of carbonyl (C=O) groups excluding carboxylic acids is 1. The van der Waals surface area contributed by atoms with Gasteiger partial charge in [-0.3, -0.25) is 4.79 Å². The first-order valence-corrected chi connectivity index (χ1v) is 6.17. The average molecular weight is 276 g/mol. The van der Waals surface area contributed by atoms with Gasteiger partial charge < -0.3 is 13.9 Å². The van der Waals surface area contributed by atoms with Crippen molar-refractivity contribution in [2.24, 2.45) is 0 Å². The molecule has 2 aromatic rings. The topological polar surface area (TPSA) is 66.5 Å². The largest absolute Gasteiger partial charge is 0.465 e. The SMILES string of the molecule is COCCOCC(=O)n1ccc(/C=C/c2ccco2)n1. The lowest BCUT2D eigenvalue weighted by Gasteiger charge is -2.02. The normalized spacial score (nSPS) is 11.2.